The second-order valence-electron chi connectivity index (χ2n) is 5.44. The maximum absolute atomic E-state index is 12.5. The minimum absolute atomic E-state index is 0.0407. The molecule has 0 bridgehead atoms. The van der Waals surface area contributed by atoms with Gasteiger partial charge in [0.25, 0.3) is 0 Å². The van der Waals surface area contributed by atoms with Crippen LogP contribution in [0, 0.1) is 0 Å². The standard InChI is InChI=1S/C15H20N2O8S/c1-4-22-15(21)25-8(3)24-14(20)11-9(5-23-7(2)18)6-26-13-10(16)12(19)17(11)13/h8,10,13H,4-6,16H2,1-3H3/t8?,10?,13-/m0/s1. The molecule has 10 nitrogen and oxygen atoms in total. The second kappa shape index (κ2) is 8.41. The van der Waals surface area contributed by atoms with Crippen LogP contribution < -0.4 is 5.73 Å². The molecule has 2 N–H and O–H groups in total. The number of esters is 2. The summed E-state index contributed by atoms with van der Waals surface area (Å²) in [6.45, 7) is 4.11. The van der Waals surface area contributed by atoms with Crippen molar-refractivity contribution in [3.63, 3.8) is 0 Å². The van der Waals surface area contributed by atoms with Crippen molar-refractivity contribution in [2.24, 2.45) is 5.73 Å². The fourth-order valence-electron chi connectivity index (χ4n) is 2.39. The molecule has 0 spiro atoms. The first kappa shape index (κ1) is 20.0. The van der Waals surface area contributed by atoms with Gasteiger partial charge in [-0.15, -0.1) is 11.8 Å². The number of hydrogen-bond acceptors (Lipinski definition) is 10. The van der Waals surface area contributed by atoms with E-state index in [0.717, 1.165) is 0 Å². The van der Waals surface area contributed by atoms with E-state index >= 15 is 0 Å². The lowest BCUT2D eigenvalue weighted by molar-refractivity contribution is -0.168. The summed E-state index contributed by atoms with van der Waals surface area (Å²) < 4.78 is 19.4. The van der Waals surface area contributed by atoms with Crippen molar-refractivity contribution in [3.05, 3.63) is 11.3 Å². The van der Waals surface area contributed by atoms with Crippen molar-refractivity contribution in [2.45, 2.75) is 38.5 Å². The van der Waals surface area contributed by atoms with E-state index < -0.39 is 41.7 Å². The van der Waals surface area contributed by atoms with E-state index in [9.17, 15) is 19.2 Å². The molecule has 1 saturated heterocycles. The molecule has 0 radical (unpaired) electrons. The van der Waals surface area contributed by atoms with E-state index in [1.807, 2.05) is 0 Å². The number of carbonyl (C=O) groups is 4. The highest BCUT2D eigenvalue weighted by Crippen LogP contribution is 2.39. The van der Waals surface area contributed by atoms with Gasteiger partial charge in [-0.05, 0) is 6.92 Å². The van der Waals surface area contributed by atoms with Gasteiger partial charge in [-0.1, -0.05) is 0 Å². The SMILES string of the molecule is CCOC(=O)OC(C)OC(=O)C1=C(COC(C)=O)CS[C@H]2C(N)C(=O)N12. The zero-order chi connectivity index (χ0) is 19.4. The normalized spacial score (nSPS) is 22.8. The van der Waals surface area contributed by atoms with Crippen LogP contribution >= 0.6 is 11.8 Å². The van der Waals surface area contributed by atoms with Gasteiger partial charge >= 0.3 is 18.1 Å². The first-order valence-electron chi connectivity index (χ1n) is 7.86. The highest BCUT2D eigenvalue weighted by molar-refractivity contribution is 8.00. The lowest BCUT2D eigenvalue weighted by Gasteiger charge is -2.48. The molecule has 1 amide bonds. The van der Waals surface area contributed by atoms with Crippen LogP contribution in [0.15, 0.2) is 11.3 Å². The third kappa shape index (κ3) is 4.28. The largest absolute Gasteiger partial charge is 0.511 e. The summed E-state index contributed by atoms with van der Waals surface area (Å²) in [6.07, 6.45) is -2.22. The number of hydrogen-bond donors (Lipinski definition) is 1. The van der Waals surface area contributed by atoms with E-state index in [2.05, 4.69) is 4.74 Å². The molecule has 2 unspecified atom stereocenters. The maximum Gasteiger partial charge on any atom is 0.511 e. The average Bonchev–Trinajstić information content (AvgIpc) is 2.58. The van der Waals surface area contributed by atoms with Crippen molar-refractivity contribution < 1.29 is 38.1 Å². The zero-order valence-electron chi connectivity index (χ0n) is 14.6. The summed E-state index contributed by atoms with van der Waals surface area (Å²) in [5, 5.41) is -0.396. The van der Waals surface area contributed by atoms with E-state index in [-0.39, 0.29) is 18.9 Å². The number of rotatable bonds is 6. The number of carbonyl (C=O) groups excluding carboxylic acids is 4. The van der Waals surface area contributed by atoms with Gasteiger partial charge in [0.05, 0.1) is 6.61 Å². The highest BCUT2D eigenvalue weighted by Gasteiger charge is 2.52. The molecule has 3 atom stereocenters. The summed E-state index contributed by atoms with van der Waals surface area (Å²) in [5.74, 6) is -1.50. The van der Waals surface area contributed by atoms with Gasteiger partial charge in [-0.2, -0.15) is 0 Å². The summed E-state index contributed by atoms with van der Waals surface area (Å²) in [7, 11) is 0. The van der Waals surface area contributed by atoms with E-state index in [1.54, 1.807) is 6.92 Å². The third-order valence-electron chi connectivity index (χ3n) is 3.53. The Morgan fingerprint density at radius 2 is 2.00 bits per heavy atom. The van der Waals surface area contributed by atoms with Crippen LogP contribution in [-0.2, 0) is 33.3 Å². The van der Waals surface area contributed by atoms with Gasteiger partial charge in [0.1, 0.15) is 23.7 Å². The third-order valence-corrected chi connectivity index (χ3v) is 4.89. The highest BCUT2D eigenvalue weighted by atomic mass is 32.2. The molecular weight excluding hydrogens is 368 g/mol. The Balaban J connectivity index is 2.15. The van der Waals surface area contributed by atoms with Crippen molar-refractivity contribution in [1.82, 2.24) is 4.90 Å². The topological polar surface area (TPSA) is 134 Å². The molecule has 0 aromatic heterocycles. The van der Waals surface area contributed by atoms with Gasteiger partial charge in [0.15, 0.2) is 0 Å². The van der Waals surface area contributed by atoms with Crippen molar-refractivity contribution in [2.75, 3.05) is 19.0 Å². The second-order valence-corrected chi connectivity index (χ2v) is 6.55. The van der Waals surface area contributed by atoms with Crippen molar-refractivity contribution in [1.29, 1.82) is 0 Å². The molecule has 2 rings (SSSR count). The summed E-state index contributed by atoms with van der Waals surface area (Å²) in [4.78, 5) is 48.2. The monoisotopic (exact) mass is 388 g/mol. The van der Waals surface area contributed by atoms with Crippen LogP contribution in [0.4, 0.5) is 4.79 Å². The van der Waals surface area contributed by atoms with E-state index in [0.29, 0.717) is 11.3 Å². The molecule has 2 aliphatic heterocycles. The molecule has 0 saturated carbocycles. The van der Waals surface area contributed by atoms with E-state index in [1.165, 1.54) is 30.5 Å². The van der Waals surface area contributed by atoms with Crippen molar-refractivity contribution >= 4 is 35.8 Å². The molecular formula is C15H20N2O8S. The molecule has 26 heavy (non-hydrogen) atoms. The number of amides is 1. The van der Waals surface area contributed by atoms with Crippen LogP contribution in [0.5, 0.6) is 0 Å². The van der Waals surface area contributed by atoms with Gasteiger partial charge < -0.3 is 24.7 Å². The Morgan fingerprint density at radius 3 is 2.62 bits per heavy atom. The van der Waals surface area contributed by atoms with Crippen LogP contribution in [0.1, 0.15) is 20.8 Å². The predicted molar refractivity (Wildman–Crippen MR) is 88.4 cm³/mol. The van der Waals surface area contributed by atoms with Gasteiger partial charge in [0.2, 0.25) is 12.2 Å². The first-order chi connectivity index (χ1) is 12.3. The lowest BCUT2D eigenvalue weighted by atomic mass is 10.0. The molecule has 0 aromatic carbocycles. The molecule has 1 fully saturated rings. The number of thioether (sulfide) groups is 1. The zero-order valence-corrected chi connectivity index (χ0v) is 15.4. The summed E-state index contributed by atoms with van der Waals surface area (Å²) in [6, 6.07) is -0.716. The number of fused-ring (bicyclic) bond motifs is 1. The van der Waals surface area contributed by atoms with Gasteiger partial charge in [-0.3, -0.25) is 14.5 Å². The molecule has 2 aliphatic rings. The Bertz CT molecular complexity index is 650. The fourth-order valence-corrected chi connectivity index (χ4v) is 3.66. The van der Waals surface area contributed by atoms with Crippen LogP contribution in [0.2, 0.25) is 0 Å². The molecule has 0 aliphatic carbocycles. The number of ether oxygens (including phenoxy) is 4. The predicted octanol–water partition coefficient (Wildman–Crippen LogP) is 0.108. The molecule has 2 heterocycles. The lowest BCUT2D eigenvalue weighted by Crippen LogP contribution is -2.68. The number of nitrogens with two attached hydrogens (primary N) is 1. The first-order valence-corrected chi connectivity index (χ1v) is 8.91. The van der Waals surface area contributed by atoms with Gasteiger partial charge in [0, 0.05) is 25.2 Å². The fraction of sp³-hybridized carbons (Fsp3) is 0.600. The van der Waals surface area contributed by atoms with Crippen molar-refractivity contribution in [3.8, 4) is 0 Å². The Labute approximate surface area is 153 Å². The number of β-lactam (4-membered cyclic amide) rings is 1. The molecule has 0 aromatic rings. The van der Waals surface area contributed by atoms with E-state index in [4.69, 9.17) is 19.9 Å². The van der Waals surface area contributed by atoms with Crippen LogP contribution in [0.3, 0.4) is 0 Å². The minimum atomic E-state index is -1.23. The molecule has 11 heteroatoms. The molecule has 144 valence electrons. The summed E-state index contributed by atoms with van der Waals surface area (Å²) in [5.41, 5.74) is 6.12. The Kier molecular flexibility index (Phi) is 6.48. The Morgan fingerprint density at radius 1 is 1.31 bits per heavy atom. The smallest absolute Gasteiger partial charge is 0.461 e. The van der Waals surface area contributed by atoms with Crippen LogP contribution in [-0.4, -0.2) is 65.6 Å². The minimum Gasteiger partial charge on any atom is -0.461 e. The van der Waals surface area contributed by atoms with Gasteiger partial charge in [-0.25, -0.2) is 9.59 Å². The Hall–Kier alpha value is -2.27. The average molecular weight is 388 g/mol. The van der Waals surface area contributed by atoms with Crippen LogP contribution in [0.25, 0.3) is 0 Å². The summed E-state index contributed by atoms with van der Waals surface area (Å²) >= 11 is 1.36. The quantitative estimate of drug-likeness (QED) is 0.289. The number of nitrogens with zero attached hydrogens (tertiary/aromatic N) is 1. The maximum atomic E-state index is 12.5.